The van der Waals surface area contributed by atoms with E-state index in [4.69, 9.17) is 16.7 Å². The highest BCUT2D eigenvalue weighted by Crippen LogP contribution is 1.92. The van der Waals surface area contributed by atoms with Crippen LogP contribution in [0, 0.1) is 0 Å². The number of rotatable bonds is 3. The molecule has 7 heavy (non-hydrogen) atoms. The molecule has 0 saturated carbocycles. The van der Waals surface area contributed by atoms with Gasteiger partial charge in [0.05, 0.1) is 6.10 Å². The van der Waals surface area contributed by atoms with Crippen LogP contribution < -0.4 is 0 Å². The number of aliphatic hydroxyl groups excluding tert-OH is 1. The highest BCUT2D eigenvalue weighted by Gasteiger charge is 1.94. The summed E-state index contributed by atoms with van der Waals surface area (Å²) in [6, 6.07) is 0. The summed E-state index contributed by atoms with van der Waals surface area (Å²) in [5, 5.41) is 8.65. The largest absolute Gasteiger partial charge is 0.392 e. The molecule has 0 amide bonds. The zero-order valence-electron chi connectivity index (χ0n) is 4.10. The Hall–Kier alpha value is -0.0100. The van der Waals surface area contributed by atoms with Crippen LogP contribution in [0.25, 0.3) is 0 Å². The number of aliphatic hydroxyl groups is 1. The first-order chi connectivity index (χ1) is 3.31. The number of hydrogen-bond acceptors (Lipinski definition) is 1. The Morgan fingerprint density at radius 1 is 1.86 bits per heavy atom. The maximum Gasteiger partial charge on any atom is 0.0709 e. The van der Waals surface area contributed by atoms with Crippen LogP contribution >= 0.6 is 11.6 Å². The predicted octanol–water partition coefficient (Wildman–Crippen LogP) is 1.16. The molecule has 0 fully saturated rings. The molecule has 0 aliphatic carbocycles. The van der Waals surface area contributed by atoms with Crippen molar-refractivity contribution < 1.29 is 5.11 Å². The normalized spacial score (nSPS) is 13.4. The van der Waals surface area contributed by atoms with E-state index < -0.39 is 6.10 Å². The second-order valence-electron chi connectivity index (χ2n) is 1.33. The number of halogens is 1. The summed E-state index contributed by atoms with van der Waals surface area (Å²) < 4.78 is 0. The Kier molecular flexibility index (Phi) is 4.15. The molecule has 0 heterocycles. The van der Waals surface area contributed by atoms with Crippen LogP contribution in [0.15, 0.2) is 12.7 Å². The van der Waals surface area contributed by atoms with Gasteiger partial charge in [0.15, 0.2) is 0 Å². The lowest BCUT2D eigenvalue weighted by Gasteiger charge is -1.97. The molecule has 42 valence electrons. The van der Waals surface area contributed by atoms with E-state index >= 15 is 0 Å². The van der Waals surface area contributed by atoms with Crippen molar-refractivity contribution in [3.05, 3.63) is 12.7 Å². The molecule has 1 nitrogen and oxygen atoms in total. The third kappa shape index (κ3) is 3.83. The SMILES string of the molecule is C=CC[C@@H](O)CCl. The second-order valence-corrected chi connectivity index (χ2v) is 1.64. The highest BCUT2D eigenvalue weighted by atomic mass is 35.5. The molecule has 0 aromatic heterocycles. The Labute approximate surface area is 48.6 Å². The van der Waals surface area contributed by atoms with Gasteiger partial charge in [0.1, 0.15) is 0 Å². The minimum atomic E-state index is -0.404. The van der Waals surface area contributed by atoms with Crippen molar-refractivity contribution in [1.29, 1.82) is 0 Å². The third-order valence-electron chi connectivity index (χ3n) is 0.617. The van der Waals surface area contributed by atoms with Gasteiger partial charge in [0.2, 0.25) is 0 Å². The first-order valence-corrected chi connectivity index (χ1v) is 2.69. The van der Waals surface area contributed by atoms with E-state index in [9.17, 15) is 0 Å². The maximum absolute atomic E-state index is 8.65. The van der Waals surface area contributed by atoms with E-state index in [-0.39, 0.29) is 0 Å². The van der Waals surface area contributed by atoms with Gasteiger partial charge in [-0.2, -0.15) is 0 Å². The van der Waals surface area contributed by atoms with Crippen molar-refractivity contribution >= 4 is 11.6 Å². The molecule has 0 aromatic carbocycles. The van der Waals surface area contributed by atoms with Crippen LogP contribution in [-0.4, -0.2) is 17.1 Å². The summed E-state index contributed by atoms with van der Waals surface area (Å²) in [6.07, 6.45) is 1.83. The summed E-state index contributed by atoms with van der Waals surface area (Å²) in [5.41, 5.74) is 0. The number of alkyl halides is 1. The summed E-state index contributed by atoms with van der Waals surface area (Å²) >= 11 is 5.23. The van der Waals surface area contributed by atoms with E-state index in [0.29, 0.717) is 12.3 Å². The van der Waals surface area contributed by atoms with Crippen LogP contribution in [-0.2, 0) is 0 Å². The number of hydrogen-bond donors (Lipinski definition) is 1. The first-order valence-electron chi connectivity index (χ1n) is 2.16. The van der Waals surface area contributed by atoms with E-state index in [1.54, 1.807) is 6.08 Å². The van der Waals surface area contributed by atoms with Gasteiger partial charge in [-0.05, 0) is 6.42 Å². The lowest BCUT2D eigenvalue weighted by atomic mass is 10.3. The van der Waals surface area contributed by atoms with Crippen molar-refractivity contribution in [3.63, 3.8) is 0 Å². The topological polar surface area (TPSA) is 20.2 Å². The molecule has 2 heteroatoms. The fourth-order valence-electron chi connectivity index (χ4n) is 0.255. The predicted molar refractivity (Wildman–Crippen MR) is 31.5 cm³/mol. The Bertz CT molecular complexity index is 54.0. The molecule has 1 atom stereocenters. The molecule has 1 N–H and O–H groups in total. The molecule has 0 radical (unpaired) electrons. The van der Waals surface area contributed by atoms with Crippen LogP contribution in [0.2, 0.25) is 0 Å². The fourth-order valence-corrected chi connectivity index (χ4v) is 0.381. The zero-order valence-corrected chi connectivity index (χ0v) is 4.86. The van der Waals surface area contributed by atoms with Crippen molar-refractivity contribution in [1.82, 2.24) is 0 Å². The lowest BCUT2D eigenvalue weighted by molar-refractivity contribution is 0.202. The minimum Gasteiger partial charge on any atom is -0.392 e. The van der Waals surface area contributed by atoms with E-state index in [1.807, 2.05) is 0 Å². The van der Waals surface area contributed by atoms with E-state index in [0.717, 1.165) is 0 Å². The zero-order chi connectivity index (χ0) is 5.70. The van der Waals surface area contributed by atoms with Crippen molar-refractivity contribution in [2.24, 2.45) is 0 Å². The quantitative estimate of drug-likeness (QED) is 0.438. The van der Waals surface area contributed by atoms with Gasteiger partial charge in [0.25, 0.3) is 0 Å². The summed E-state index contributed by atoms with van der Waals surface area (Å²) in [4.78, 5) is 0. The molecule has 0 bridgehead atoms. The van der Waals surface area contributed by atoms with E-state index in [2.05, 4.69) is 6.58 Å². The first kappa shape index (κ1) is 6.99. The van der Waals surface area contributed by atoms with Gasteiger partial charge < -0.3 is 5.11 Å². The Morgan fingerprint density at radius 2 is 2.43 bits per heavy atom. The summed E-state index contributed by atoms with van der Waals surface area (Å²) in [6.45, 7) is 3.43. The highest BCUT2D eigenvalue weighted by molar-refractivity contribution is 6.18. The molecule has 0 saturated heterocycles. The summed E-state index contributed by atoms with van der Waals surface area (Å²) in [7, 11) is 0. The maximum atomic E-state index is 8.65. The van der Waals surface area contributed by atoms with Crippen molar-refractivity contribution in [2.45, 2.75) is 12.5 Å². The van der Waals surface area contributed by atoms with Crippen LogP contribution in [0.4, 0.5) is 0 Å². The molecule has 0 unspecified atom stereocenters. The van der Waals surface area contributed by atoms with E-state index in [1.165, 1.54) is 0 Å². The van der Waals surface area contributed by atoms with Gasteiger partial charge in [-0.25, -0.2) is 0 Å². The smallest absolute Gasteiger partial charge is 0.0709 e. The van der Waals surface area contributed by atoms with Crippen LogP contribution in [0.5, 0.6) is 0 Å². The van der Waals surface area contributed by atoms with Gasteiger partial charge >= 0.3 is 0 Å². The standard InChI is InChI=1S/C5H9ClO/c1-2-3-5(7)4-6/h2,5,7H,1,3-4H2/t5-/m1/s1. The summed E-state index contributed by atoms with van der Waals surface area (Å²) in [5.74, 6) is 0.298. The third-order valence-corrected chi connectivity index (χ3v) is 0.973. The molecule has 0 aliphatic heterocycles. The Balaban J connectivity index is 2.98. The molecule has 0 spiro atoms. The minimum absolute atomic E-state index is 0.298. The molecular formula is C5H9ClO. The fraction of sp³-hybridized carbons (Fsp3) is 0.600. The Morgan fingerprint density at radius 3 is 2.57 bits per heavy atom. The van der Waals surface area contributed by atoms with Crippen LogP contribution in [0.1, 0.15) is 6.42 Å². The molecule has 0 aliphatic rings. The van der Waals surface area contributed by atoms with Gasteiger partial charge in [-0.3, -0.25) is 0 Å². The average molecular weight is 121 g/mol. The molecule has 0 aromatic rings. The molecule has 0 rings (SSSR count). The van der Waals surface area contributed by atoms with Gasteiger partial charge in [-0.15, -0.1) is 18.2 Å². The molecular weight excluding hydrogens is 112 g/mol. The van der Waals surface area contributed by atoms with Gasteiger partial charge in [-0.1, -0.05) is 6.08 Å². The van der Waals surface area contributed by atoms with Gasteiger partial charge in [0, 0.05) is 5.88 Å². The van der Waals surface area contributed by atoms with Crippen molar-refractivity contribution in [2.75, 3.05) is 5.88 Å². The average Bonchev–Trinajstić information content (AvgIpc) is 1.68. The van der Waals surface area contributed by atoms with Crippen LogP contribution in [0.3, 0.4) is 0 Å². The van der Waals surface area contributed by atoms with Crippen molar-refractivity contribution in [3.8, 4) is 0 Å². The lowest BCUT2D eigenvalue weighted by Crippen LogP contribution is -2.04. The monoisotopic (exact) mass is 120 g/mol. The second kappa shape index (κ2) is 4.16.